The number of fused-ring (bicyclic) bond motifs is 1. The minimum absolute atomic E-state index is 0.0420. The summed E-state index contributed by atoms with van der Waals surface area (Å²) < 4.78 is 10.0. The molecule has 2 aromatic rings. The van der Waals surface area contributed by atoms with Crippen LogP contribution in [0.3, 0.4) is 0 Å². The van der Waals surface area contributed by atoms with Crippen molar-refractivity contribution in [1.82, 2.24) is 0 Å². The molecular formula is C24H27ClO6. The smallest absolute Gasteiger partial charge is 0.336 e. The maximum absolute atomic E-state index is 11.3. The van der Waals surface area contributed by atoms with Crippen molar-refractivity contribution in [3.05, 3.63) is 64.2 Å². The van der Waals surface area contributed by atoms with Crippen molar-refractivity contribution < 1.29 is 29.3 Å². The van der Waals surface area contributed by atoms with Crippen LogP contribution in [0.2, 0.25) is 0 Å². The van der Waals surface area contributed by atoms with Crippen LogP contribution < -0.4 is 4.74 Å². The summed E-state index contributed by atoms with van der Waals surface area (Å²) in [5.74, 6) is -0.549. The van der Waals surface area contributed by atoms with Crippen molar-refractivity contribution in [2.24, 2.45) is 5.92 Å². The summed E-state index contributed by atoms with van der Waals surface area (Å²) in [4.78, 5) is 22.5. The Bertz CT molecular complexity index is 907. The number of alkyl halides is 1. The van der Waals surface area contributed by atoms with Crippen LogP contribution in [0.4, 0.5) is 0 Å². The number of rotatable bonds is 4. The number of ether oxygens (including phenoxy) is 2. The molecule has 2 atom stereocenters. The fourth-order valence-electron chi connectivity index (χ4n) is 3.70. The monoisotopic (exact) mass is 446 g/mol. The van der Waals surface area contributed by atoms with Gasteiger partial charge in [-0.25, -0.2) is 9.59 Å². The largest absolute Gasteiger partial charge is 0.488 e. The van der Waals surface area contributed by atoms with Gasteiger partial charge in [0.2, 0.25) is 0 Å². The molecule has 0 bridgehead atoms. The molecule has 1 saturated carbocycles. The fourth-order valence-corrected chi connectivity index (χ4v) is 4.05. The zero-order valence-corrected chi connectivity index (χ0v) is 18.2. The van der Waals surface area contributed by atoms with Crippen molar-refractivity contribution in [3.8, 4) is 5.75 Å². The molecule has 2 unspecified atom stereocenters. The van der Waals surface area contributed by atoms with Crippen LogP contribution in [-0.2, 0) is 11.3 Å². The quantitative estimate of drug-likeness (QED) is 0.634. The molecule has 0 radical (unpaired) electrons. The Balaban J connectivity index is 0.000000169. The van der Waals surface area contributed by atoms with Gasteiger partial charge in [-0.2, -0.15) is 0 Å². The van der Waals surface area contributed by atoms with Crippen LogP contribution in [0.25, 0.3) is 0 Å². The third-order valence-corrected chi connectivity index (χ3v) is 5.97. The van der Waals surface area contributed by atoms with Gasteiger partial charge in [0, 0.05) is 24.7 Å². The number of halogens is 1. The highest BCUT2D eigenvalue weighted by Gasteiger charge is 2.42. The van der Waals surface area contributed by atoms with E-state index in [1.165, 1.54) is 30.5 Å². The molecule has 2 aromatic carbocycles. The lowest BCUT2D eigenvalue weighted by molar-refractivity contribution is 0.0694. The summed E-state index contributed by atoms with van der Waals surface area (Å²) in [7, 11) is 0. The molecule has 2 heterocycles. The number of para-hydroxylation sites is 1. The first-order chi connectivity index (χ1) is 14.9. The molecule has 7 heteroatoms. The van der Waals surface area contributed by atoms with Gasteiger partial charge in [-0.05, 0) is 61.3 Å². The molecule has 2 fully saturated rings. The molecule has 3 aliphatic rings. The number of aryl methyl sites for hydroxylation is 1. The van der Waals surface area contributed by atoms with E-state index in [1.54, 1.807) is 6.92 Å². The second-order valence-corrected chi connectivity index (χ2v) is 8.11. The van der Waals surface area contributed by atoms with Crippen molar-refractivity contribution in [2.75, 3.05) is 19.1 Å². The molecule has 6 nitrogen and oxygen atoms in total. The molecule has 1 saturated heterocycles. The minimum Gasteiger partial charge on any atom is -0.488 e. The van der Waals surface area contributed by atoms with Gasteiger partial charge in [0.25, 0.3) is 0 Å². The lowest BCUT2D eigenvalue weighted by Gasteiger charge is -2.18. The summed E-state index contributed by atoms with van der Waals surface area (Å²) >= 11 is 5.75. The second-order valence-electron chi connectivity index (χ2n) is 7.80. The van der Waals surface area contributed by atoms with E-state index in [0.717, 1.165) is 32.0 Å². The number of carboxylic acid groups (broad SMARTS) is 2. The predicted molar refractivity (Wildman–Crippen MR) is 117 cm³/mol. The van der Waals surface area contributed by atoms with Crippen molar-refractivity contribution >= 4 is 23.5 Å². The average molecular weight is 447 g/mol. The molecule has 0 amide bonds. The highest BCUT2D eigenvalue weighted by molar-refractivity contribution is 6.18. The van der Waals surface area contributed by atoms with E-state index in [0.29, 0.717) is 17.0 Å². The van der Waals surface area contributed by atoms with E-state index in [9.17, 15) is 19.8 Å². The molecular weight excluding hydrogens is 420 g/mol. The van der Waals surface area contributed by atoms with E-state index in [4.69, 9.17) is 21.1 Å². The van der Waals surface area contributed by atoms with Gasteiger partial charge in [0.05, 0.1) is 11.1 Å². The zero-order chi connectivity index (χ0) is 22.4. The van der Waals surface area contributed by atoms with Crippen LogP contribution in [0.15, 0.2) is 36.4 Å². The number of hydrogen-bond acceptors (Lipinski definition) is 4. The van der Waals surface area contributed by atoms with Gasteiger partial charge >= 0.3 is 11.9 Å². The first kappa shape index (κ1) is 23.1. The molecule has 0 spiro atoms. The topological polar surface area (TPSA) is 93.1 Å². The molecule has 1 aliphatic carbocycles. The van der Waals surface area contributed by atoms with Crippen molar-refractivity contribution in [2.45, 2.75) is 38.7 Å². The van der Waals surface area contributed by atoms with E-state index >= 15 is 0 Å². The number of carbonyl (C=O) groups is 2. The highest BCUT2D eigenvalue weighted by Crippen LogP contribution is 2.50. The number of carboxylic acids is 2. The van der Waals surface area contributed by atoms with E-state index in [-0.39, 0.29) is 23.0 Å². The number of benzene rings is 2. The minimum atomic E-state index is -1.09. The summed E-state index contributed by atoms with van der Waals surface area (Å²) in [5, 5.41) is 18.4. The summed E-state index contributed by atoms with van der Waals surface area (Å²) in [5.41, 5.74) is 2.54. The third kappa shape index (κ3) is 5.77. The van der Waals surface area contributed by atoms with Crippen LogP contribution in [0, 0.1) is 12.8 Å². The molecule has 2 N–H and O–H groups in total. The molecule has 0 aromatic heterocycles. The highest BCUT2D eigenvalue weighted by atomic mass is 35.5. The SMILES string of the molecule is C1CCOC1.Cc1ccc(C(=O)O)c(C2CC2CCl)c1C(=O)O.c1ccc2c(c1)CO2. The average Bonchev–Trinajstić information content (AvgIpc) is 3.24. The Morgan fingerprint density at radius 3 is 2.16 bits per heavy atom. The Labute approximate surface area is 186 Å². The molecule has 31 heavy (non-hydrogen) atoms. The van der Waals surface area contributed by atoms with E-state index in [1.807, 2.05) is 18.2 Å². The van der Waals surface area contributed by atoms with Gasteiger partial charge in [-0.3, -0.25) is 0 Å². The molecule has 5 rings (SSSR count). The van der Waals surface area contributed by atoms with Crippen LogP contribution in [-0.4, -0.2) is 41.2 Å². The summed E-state index contributed by atoms with van der Waals surface area (Å²) in [6.07, 6.45) is 3.31. The number of aromatic carboxylic acids is 2. The van der Waals surface area contributed by atoms with E-state index < -0.39 is 11.9 Å². The standard InChI is InChI=1S/C13H13ClO4.C7H6O.C4H8O/c1-6-2-3-8(12(15)16)11(10(6)13(17)18)9-4-7(9)5-14;1-2-4-7-6(3-1)5-8-7;1-2-4-5-3-1/h2-3,7,9H,4-5H2,1H3,(H,15,16)(H,17,18);1-4H,5H2;1-4H2. The first-order valence-corrected chi connectivity index (χ1v) is 10.9. The van der Waals surface area contributed by atoms with Crippen LogP contribution in [0.1, 0.15) is 62.6 Å². The predicted octanol–water partition coefficient (Wildman–Crippen LogP) is 5.11. The lowest BCUT2D eigenvalue weighted by atomic mass is 9.92. The van der Waals surface area contributed by atoms with Crippen molar-refractivity contribution in [1.29, 1.82) is 0 Å². The third-order valence-electron chi connectivity index (χ3n) is 5.57. The van der Waals surface area contributed by atoms with E-state index in [2.05, 4.69) is 6.07 Å². The fraction of sp³-hybridized carbons (Fsp3) is 0.417. The molecule has 166 valence electrons. The maximum Gasteiger partial charge on any atom is 0.336 e. The first-order valence-electron chi connectivity index (χ1n) is 10.4. The van der Waals surface area contributed by atoms with Gasteiger partial charge in [-0.1, -0.05) is 24.3 Å². The Hall–Kier alpha value is -2.57. The van der Waals surface area contributed by atoms with Gasteiger partial charge in [0.15, 0.2) is 0 Å². The number of hydrogen-bond donors (Lipinski definition) is 2. The zero-order valence-electron chi connectivity index (χ0n) is 17.5. The second kappa shape index (κ2) is 10.6. The van der Waals surface area contributed by atoms with Gasteiger partial charge in [-0.15, -0.1) is 11.6 Å². The van der Waals surface area contributed by atoms with Crippen molar-refractivity contribution in [3.63, 3.8) is 0 Å². The Kier molecular flexibility index (Phi) is 7.93. The Morgan fingerprint density at radius 1 is 1.06 bits per heavy atom. The summed E-state index contributed by atoms with van der Waals surface area (Å²) in [6.45, 7) is 4.48. The van der Waals surface area contributed by atoms with Gasteiger partial charge in [0.1, 0.15) is 12.4 Å². The van der Waals surface area contributed by atoms with Crippen LogP contribution in [0.5, 0.6) is 5.75 Å². The normalized spacial score (nSPS) is 19.9. The maximum atomic E-state index is 11.3. The summed E-state index contributed by atoms with van der Waals surface area (Å²) in [6, 6.07) is 11.1. The van der Waals surface area contributed by atoms with Crippen LogP contribution >= 0.6 is 11.6 Å². The molecule has 2 aliphatic heterocycles. The lowest BCUT2D eigenvalue weighted by Crippen LogP contribution is -2.11. The Morgan fingerprint density at radius 2 is 1.77 bits per heavy atom. The van der Waals surface area contributed by atoms with Gasteiger partial charge < -0.3 is 19.7 Å².